The van der Waals surface area contributed by atoms with Gasteiger partial charge in [0.05, 0.1) is 25.4 Å². The molecule has 1 amide bonds. The van der Waals surface area contributed by atoms with Crippen molar-refractivity contribution in [2.45, 2.75) is 431 Å². The molecule has 480 valence electrons. The molecule has 81 heavy (non-hydrogen) atoms. The lowest BCUT2D eigenvalue weighted by molar-refractivity contribution is -0.143. The van der Waals surface area contributed by atoms with Crippen molar-refractivity contribution in [1.82, 2.24) is 5.32 Å². The first-order valence-electron chi connectivity index (χ1n) is 37.1. The molecule has 0 saturated carbocycles. The van der Waals surface area contributed by atoms with Gasteiger partial charge in [0, 0.05) is 12.8 Å². The predicted molar refractivity (Wildman–Crippen MR) is 356 cm³/mol. The van der Waals surface area contributed by atoms with Gasteiger partial charge in [0.25, 0.3) is 0 Å². The third-order valence-electron chi connectivity index (χ3n) is 17.5. The quantitative estimate of drug-likeness (QED) is 0.0320. The van der Waals surface area contributed by atoms with Crippen LogP contribution in [-0.4, -0.2) is 47.4 Å². The van der Waals surface area contributed by atoms with E-state index in [-0.39, 0.29) is 18.5 Å². The van der Waals surface area contributed by atoms with Crippen molar-refractivity contribution in [3.8, 4) is 0 Å². The van der Waals surface area contributed by atoms with Crippen LogP contribution in [0.2, 0.25) is 0 Å². The molecule has 3 N–H and O–H groups in total. The third kappa shape index (κ3) is 67.3. The minimum Gasteiger partial charge on any atom is -0.466 e. The van der Waals surface area contributed by atoms with Gasteiger partial charge in [-0.05, 0) is 57.8 Å². The summed E-state index contributed by atoms with van der Waals surface area (Å²) in [6.45, 7) is 4.94. The smallest absolute Gasteiger partial charge is 0.305 e. The van der Waals surface area contributed by atoms with Gasteiger partial charge >= 0.3 is 5.97 Å². The van der Waals surface area contributed by atoms with Gasteiger partial charge in [-0.3, -0.25) is 9.59 Å². The highest BCUT2D eigenvalue weighted by Crippen LogP contribution is 2.19. The van der Waals surface area contributed by atoms with Crippen LogP contribution in [0.5, 0.6) is 0 Å². The van der Waals surface area contributed by atoms with Crippen LogP contribution in [0.3, 0.4) is 0 Å². The van der Waals surface area contributed by atoms with Crippen molar-refractivity contribution >= 4 is 11.9 Å². The molecule has 0 aromatic rings. The minimum atomic E-state index is -0.841. The largest absolute Gasteiger partial charge is 0.466 e. The molecule has 0 radical (unpaired) electrons. The number of allylic oxidation sites excluding steroid dienone is 3. The van der Waals surface area contributed by atoms with Crippen molar-refractivity contribution in [2.24, 2.45) is 0 Å². The van der Waals surface area contributed by atoms with E-state index in [0.29, 0.717) is 19.4 Å². The Morgan fingerprint density at radius 2 is 0.580 bits per heavy atom. The average Bonchev–Trinajstić information content (AvgIpc) is 3.47. The fourth-order valence-corrected chi connectivity index (χ4v) is 11.8. The summed E-state index contributed by atoms with van der Waals surface area (Å²) in [6, 6.07) is -0.624. The monoisotopic (exact) mass is 1140 g/mol. The van der Waals surface area contributed by atoms with E-state index in [1.807, 2.05) is 6.08 Å². The topological polar surface area (TPSA) is 95.9 Å². The summed E-state index contributed by atoms with van der Waals surface area (Å²) in [5.74, 6) is -0.0393. The molecule has 0 heterocycles. The molecule has 0 saturated heterocycles. The molecule has 2 atom stereocenters. The Kier molecular flexibility index (Phi) is 69.4. The lowest BCUT2D eigenvalue weighted by atomic mass is 10.0. The van der Waals surface area contributed by atoms with Crippen LogP contribution in [0.4, 0.5) is 0 Å². The zero-order chi connectivity index (χ0) is 58.5. The van der Waals surface area contributed by atoms with Gasteiger partial charge in [0.2, 0.25) is 5.91 Å². The standard InChI is InChI=1S/C75H145NO5/c1-3-5-7-9-11-13-15-16-17-41-44-48-51-55-59-63-67-73(78)72(71-77)76-74(79)68-64-60-56-52-49-45-42-39-37-35-33-31-29-27-25-23-21-19-18-20-22-24-26-28-30-32-34-36-38-40-43-46-50-54-58-62-66-70-81-75(80)69-65-61-57-53-47-14-12-10-8-6-4-2/h18,20,63,67,72-73,77-78H,3-17,19,21-62,64-66,68-71H2,1-2H3,(H,76,79)/b20-18-,67-63+. The van der Waals surface area contributed by atoms with Crippen molar-refractivity contribution in [1.29, 1.82) is 0 Å². The van der Waals surface area contributed by atoms with Gasteiger partial charge in [-0.25, -0.2) is 0 Å². The van der Waals surface area contributed by atoms with E-state index in [9.17, 15) is 19.8 Å². The maximum atomic E-state index is 12.5. The van der Waals surface area contributed by atoms with Gasteiger partial charge < -0.3 is 20.3 Å². The molecule has 6 nitrogen and oxygen atoms in total. The number of hydrogen-bond donors (Lipinski definition) is 3. The molecule has 0 bridgehead atoms. The van der Waals surface area contributed by atoms with E-state index in [1.54, 1.807) is 6.08 Å². The van der Waals surface area contributed by atoms with Crippen molar-refractivity contribution < 1.29 is 24.5 Å². The number of unbranched alkanes of at least 4 members (excludes halogenated alkanes) is 57. The Morgan fingerprint density at radius 3 is 0.877 bits per heavy atom. The molecule has 0 aliphatic carbocycles. The number of hydrogen-bond acceptors (Lipinski definition) is 5. The molecule has 0 rings (SSSR count). The number of ether oxygens (including phenoxy) is 1. The SMILES string of the molecule is CCCCCCCCCCCCCCCC/C=C/C(O)C(CO)NC(=O)CCCCCCCCCCCCCCCCCCC/C=C\CCCCCCCCCCCCCCCCCCOC(=O)CCCCCCCCCCCCC. The van der Waals surface area contributed by atoms with Crippen molar-refractivity contribution in [3.05, 3.63) is 24.3 Å². The first kappa shape index (κ1) is 79.3. The van der Waals surface area contributed by atoms with Crippen LogP contribution in [0.1, 0.15) is 418 Å². The Bertz CT molecular complexity index is 1270. The second-order valence-electron chi connectivity index (χ2n) is 25.6. The molecular formula is C75H145NO5. The molecule has 0 aliphatic heterocycles. The number of esters is 1. The van der Waals surface area contributed by atoms with E-state index >= 15 is 0 Å². The fraction of sp³-hybridized carbons (Fsp3) is 0.920. The number of carbonyl (C=O) groups is 2. The Labute approximate surface area is 507 Å². The number of rotatable bonds is 70. The normalized spacial score (nSPS) is 12.6. The summed E-state index contributed by atoms with van der Waals surface area (Å²) in [4.78, 5) is 24.5. The van der Waals surface area contributed by atoms with Gasteiger partial charge in [0.1, 0.15) is 0 Å². The molecule has 0 fully saturated rings. The molecule has 0 aliphatic rings. The summed E-state index contributed by atoms with van der Waals surface area (Å²) < 4.78 is 5.48. The molecular weight excluding hydrogens is 995 g/mol. The van der Waals surface area contributed by atoms with E-state index < -0.39 is 12.1 Å². The number of nitrogens with one attached hydrogen (secondary N) is 1. The number of amides is 1. The Hall–Kier alpha value is -1.66. The van der Waals surface area contributed by atoms with Crippen LogP contribution in [0.15, 0.2) is 24.3 Å². The van der Waals surface area contributed by atoms with E-state index in [1.165, 1.54) is 353 Å². The fourth-order valence-electron chi connectivity index (χ4n) is 11.8. The summed E-state index contributed by atoms with van der Waals surface area (Å²) in [7, 11) is 0. The highest BCUT2D eigenvalue weighted by Gasteiger charge is 2.18. The van der Waals surface area contributed by atoms with Crippen molar-refractivity contribution in [2.75, 3.05) is 13.2 Å². The molecule has 2 unspecified atom stereocenters. The summed E-state index contributed by atoms with van der Waals surface area (Å²) in [5.41, 5.74) is 0. The maximum absolute atomic E-state index is 12.5. The minimum absolute atomic E-state index is 0.0215. The van der Waals surface area contributed by atoms with Crippen LogP contribution in [0, 0.1) is 0 Å². The van der Waals surface area contributed by atoms with E-state index in [0.717, 1.165) is 38.5 Å². The number of aliphatic hydroxyl groups excluding tert-OH is 2. The third-order valence-corrected chi connectivity index (χ3v) is 17.5. The van der Waals surface area contributed by atoms with E-state index in [2.05, 4.69) is 31.3 Å². The summed E-state index contributed by atoms with van der Waals surface area (Å²) >= 11 is 0. The predicted octanol–water partition coefficient (Wildman–Crippen LogP) is 24.1. The molecule has 0 aromatic carbocycles. The van der Waals surface area contributed by atoms with Crippen LogP contribution < -0.4 is 5.32 Å². The lowest BCUT2D eigenvalue weighted by Crippen LogP contribution is -2.45. The Balaban J connectivity index is 3.34. The highest BCUT2D eigenvalue weighted by molar-refractivity contribution is 5.76. The first-order chi connectivity index (χ1) is 40.0. The maximum Gasteiger partial charge on any atom is 0.305 e. The first-order valence-corrected chi connectivity index (χ1v) is 37.1. The van der Waals surface area contributed by atoms with Crippen molar-refractivity contribution in [3.63, 3.8) is 0 Å². The van der Waals surface area contributed by atoms with Gasteiger partial charge in [-0.2, -0.15) is 0 Å². The van der Waals surface area contributed by atoms with Crippen LogP contribution in [0.25, 0.3) is 0 Å². The zero-order valence-corrected chi connectivity index (χ0v) is 55.0. The Morgan fingerprint density at radius 1 is 0.333 bits per heavy atom. The number of aliphatic hydroxyl groups is 2. The second kappa shape index (κ2) is 70.8. The summed E-state index contributed by atoms with van der Waals surface area (Å²) in [6.07, 6.45) is 90.0. The zero-order valence-electron chi connectivity index (χ0n) is 55.0. The molecule has 6 heteroatoms. The lowest BCUT2D eigenvalue weighted by Gasteiger charge is -2.20. The summed E-state index contributed by atoms with van der Waals surface area (Å²) in [5, 5.41) is 23.2. The number of carbonyl (C=O) groups excluding carboxylic acids is 2. The highest BCUT2D eigenvalue weighted by atomic mass is 16.5. The van der Waals surface area contributed by atoms with Crippen LogP contribution in [-0.2, 0) is 14.3 Å². The van der Waals surface area contributed by atoms with Crippen LogP contribution >= 0.6 is 0 Å². The average molecular weight is 1140 g/mol. The van der Waals surface area contributed by atoms with E-state index in [4.69, 9.17) is 4.74 Å². The van der Waals surface area contributed by atoms with Gasteiger partial charge in [-0.1, -0.05) is 372 Å². The van der Waals surface area contributed by atoms with Gasteiger partial charge in [0.15, 0.2) is 0 Å². The molecule has 0 aromatic heterocycles. The molecule has 0 spiro atoms. The van der Waals surface area contributed by atoms with Gasteiger partial charge in [-0.15, -0.1) is 0 Å². The second-order valence-corrected chi connectivity index (χ2v) is 25.6.